The van der Waals surface area contributed by atoms with E-state index in [9.17, 15) is 14.4 Å². The second-order valence-corrected chi connectivity index (χ2v) is 11.9. The van der Waals surface area contributed by atoms with Gasteiger partial charge in [-0.15, -0.1) is 0 Å². The molecule has 0 unspecified atom stereocenters. The molecule has 0 saturated carbocycles. The van der Waals surface area contributed by atoms with Gasteiger partial charge >= 0.3 is 0 Å². The first-order valence-electron chi connectivity index (χ1n) is 15.1. The lowest BCUT2D eigenvalue weighted by Gasteiger charge is -2.39. The van der Waals surface area contributed by atoms with E-state index < -0.39 is 11.4 Å². The molecule has 0 aliphatic carbocycles. The van der Waals surface area contributed by atoms with Gasteiger partial charge in [-0.25, -0.2) is 19.0 Å². The normalized spacial score (nSPS) is 18.1. The van der Waals surface area contributed by atoms with E-state index in [4.69, 9.17) is 15.6 Å². The molecule has 0 spiro atoms. The molecule has 0 bridgehead atoms. The zero-order valence-corrected chi connectivity index (χ0v) is 25.4. The highest BCUT2D eigenvalue weighted by atomic mass is 19.1. The molecule has 0 radical (unpaired) electrons. The Morgan fingerprint density at radius 2 is 1.89 bits per heavy atom. The number of carbonyl (C=O) groups excluding carboxylic acids is 1. The molecule has 232 valence electrons. The molecule has 11 nitrogen and oxygen atoms in total. The maximum Gasteiger partial charge on any atom is 0.264 e. The van der Waals surface area contributed by atoms with Crippen molar-refractivity contribution in [1.29, 1.82) is 5.26 Å². The average molecular weight is 610 g/mol. The van der Waals surface area contributed by atoms with E-state index in [1.165, 1.54) is 12.4 Å². The molecule has 2 aromatic heterocycles. The third kappa shape index (κ3) is 6.22. The van der Waals surface area contributed by atoms with Crippen LogP contribution in [0.25, 0.3) is 22.3 Å². The summed E-state index contributed by atoms with van der Waals surface area (Å²) in [6.45, 7) is 8.47. The standard InChI is InChI=1S/C33H36FN9O2/c1-33(2,42-16-13-37-14-17-42)18-23(19-35)32(44)41-15-5-6-24(20-41)43-31-28(30(36)38-21-39-31)29(40-43)22-9-11-25(12-10-22)45-27-8-4-3-7-26(27)34/h3-4,7-12,18,21,24,37H,5-6,13-17,20H2,1-2H3,(H2,36,38,39)/t24-/m0/s1. The number of nitrogens with two attached hydrogens (primary N) is 1. The van der Waals surface area contributed by atoms with Crippen LogP contribution in [-0.2, 0) is 4.79 Å². The number of piperidine rings is 1. The molecular weight excluding hydrogens is 573 g/mol. The Balaban J connectivity index is 1.26. The maximum atomic E-state index is 14.1. The largest absolute Gasteiger partial charge is 0.454 e. The SMILES string of the molecule is CC(C)(C=C(C#N)C(=O)N1CCC[C@H](n2nc(-c3ccc(Oc4ccccc4F)cc3)c3c(N)ncnc32)C1)N1CCNCC1. The summed E-state index contributed by atoms with van der Waals surface area (Å²) in [5, 5.41) is 18.9. The first kappa shape index (κ1) is 30.2. The molecule has 4 aromatic rings. The van der Waals surface area contributed by atoms with Gasteiger partial charge in [-0.3, -0.25) is 9.69 Å². The summed E-state index contributed by atoms with van der Waals surface area (Å²) in [5.74, 6) is 0.176. The monoisotopic (exact) mass is 609 g/mol. The minimum Gasteiger partial charge on any atom is -0.454 e. The fourth-order valence-corrected chi connectivity index (χ4v) is 6.12. The molecule has 2 aromatic carbocycles. The lowest BCUT2D eigenvalue weighted by Crippen LogP contribution is -2.53. The number of hydrogen-bond donors (Lipinski definition) is 2. The van der Waals surface area contributed by atoms with Crippen LogP contribution in [0, 0.1) is 17.1 Å². The number of halogens is 1. The number of piperazine rings is 1. The van der Waals surface area contributed by atoms with Gasteiger partial charge in [-0.05, 0) is 69.2 Å². The van der Waals surface area contributed by atoms with E-state index >= 15 is 0 Å². The Hall–Kier alpha value is -4.86. The number of anilines is 1. The Morgan fingerprint density at radius 3 is 2.62 bits per heavy atom. The number of nitriles is 1. The number of nitrogens with zero attached hydrogens (tertiary/aromatic N) is 7. The van der Waals surface area contributed by atoms with E-state index in [2.05, 4.69) is 26.3 Å². The molecule has 2 fully saturated rings. The van der Waals surface area contributed by atoms with Crippen molar-refractivity contribution >= 4 is 22.8 Å². The molecular formula is C33H36FN9O2. The summed E-state index contributed by atoms with van der Waals surface area (Å²) in [6.07, 6.45) is 4.73. The van der Waals surface area contributed by atoms with Gasteiger partial charge in [0.2, 0.25) is 0 Å². The number of amides is 1. The van der Waals surface area contributed by atoms with Crippen molar-refractivity contribution in [2.45, 2.75) is 38.3 Å². The highest BCUT2D eigenvalue weighted by Crippen LogP contribution is 2.35. The number of nitrogen functional groups attached to an aromatic ring is 1. The average Bonchev–Trinajstić information content (AvgIpc) is 3.46. The van der Waals surface area contributed by atoms with E-state index in [0.29, 0.717) is 41.4 Å². The van der Waals surface area contributed by atoms with Crippen LogP contribution in [0.2, 0.25) is 0 Å². The number of fused-ring (bicyclic) bond motifs is 1. The van der Waals surface area contributed by atoms with E-state index in [-0.39, 0.29) is 23.3 Å². The quantitative estimate of drug-likeness (QED) is 0.232. The molecule has 1 amide bonds. The maximum absolute atomic E-state index is 14.1. The molecule has 2 aliphatic heterocycles. The molecule has 1 atom stereocenters. The van der Waals surface area contributed by atoms with Gasteiger partial charge in [-0.1, -0.05) is 12.1 Å². The first-order valence-corrected chi connectivity index (χ1v) is 15.1. The van der Waals surface area contributed by atoms with Crippen molar-refractivity contribution in [3.63, 3.8) is 0 Å². The van der Waals surface area contributed by atoms with Crippen LogP contribution >= 0.6 is 0 Å². The van der Waals surface area contributed by atoms with E-state index in [1.807, 2.05) is 30.7 Å². The Labute approximate surface area is 261 Å². The molecule has 12 heteroatoms. The van der Waals surface area contributed by atoms with Crippen molar-refractivity contribution in [1.82, 2.24) is 34.9 Å². The van der Waals surface area contributed by atoms with Gasteiger partial charge in [0, 0.05) is 50.4 Å². The van der Waals surface area contributed by atoms with Gasteiger partial charge in [0.1, 0.15) is 35.2 Å². The molecule has 45 heavy (non-hydrogen) atoms. The lowest BCUT2D eigenvalue weighted by molar-refractivity contribution is -0.128. The van der Waals surface area contributed by atoms with E-state index in [1.54, 1.807) is 41.3 Å². The molecule has 4 heterocycles. The van der Waals surface area contributed by atoms with Crippen molar-refractivity contribution in [2.24, 2.45) is 0 Å². The lowest BCUT2D eigenvalue weighted by atomic mass is 9.97. The van der Waals surface area contributed by atoms with Gasteiger partial charge < -0.3 is 20.7 Å². The number of aromatic nitrogens is 4. The van der Waals surface area contributed by atoms with Crippen LogP contribution in [0.15, 0.2) is 66.5 Å². The van der Waals surface area contributed by atoms with Crippen LogP contribution in [-0.4, -0.2) is 80.3 Å². The van der Waals surface area contributed by atoms with Gasteiger partial charge in [0.25, 0.3) is 5.91 Å². The summed E-state index contributed by atoms with van der Waals surface area (Å²) in [5.41, 5.74) is 7.99. The second kappa shape index (κ2) is 12.6. The van der Waals surface area contributed by atoms with Crippen LogP contribution in [0.3, 0.4) is 0 Å². The smallest absolute Gasteiger partial charge is 0.264 e. The molecule has 3 N–H and O–H groups in total. The van der Waals surface area contributed by atoms with Crippen LogP contribution < -0.4 is 15.8 Å². The molecule has 2 aliphatic rings. The van der Waals surface area contributed by atoms with Crippen LogP contribution in [0.1, 0.15) is 32.7 Å². The fourth-order valence-electron chi connectivity index (χ4n) is 6.12. The second-order valence-electron chi connectivity index (χ2n) is 11.9. The molecule has 2 saturated heterocycles. The Bertz CT molecular complexity index is 1770. The Morgan fingerprint density at radius 1 is 1.13 bits per heavy atom. The van der Waals surface area contributed by atoms with E-state index in [0.717, 1.165) is 44.6 Å². The van der Waals surface area contributed by atoms with Gasteiger partial charge in [0.05, 0.1) is 11.4 Å². The number of carbonyl (C=O) groups is 1. The third-order valence-electron chi connectivity index (χ3n) is 8.52. The topological polar surface area (TPSA) is 138 Å². The summed E-state index contributed by atoms with van der Waals surface area (Å²) in [7, 11) is 0. The van der Waals surface area contributed by atoms with Crippen molar-refractivity contribution in [2.75, 3.05) is 45.0 Å². The zero-order chi connectivity index (χ0) is 31.6. The summed E-state index contributed by atoms with van der Waals surface area (Å²) >= 11 is 0. The number of rotatable bonds is 7. The van der Waals surface area contributed by atoms with Gasteiger partial charge in [-0.2, -0.15) is 10.4 Å². The summed E-state index contributed by atoms with van der Waals surface area (Å²) in [4.78, 5) is 26.5. The number of likely N-dealkylation sites (tertiary alicyclic amines) is 1. The van der Waals surface area contributed by atoms with Crippen molar-refractivity contribution in [3.05, 3.63) is 72.3 Å². The van der Waals surface area contributed by atoms with Crippen LogP contribution in [0.4, 0.5) is 10.2 Å². The third-order valence-corrected chi connectivity index (χ3v) is 8.52. The number of benzene rings is 2. The predicted molar refractivity (Wildman–Crippen MR) is 169 cm³/mol. The Kier molecular flexibility index (Phi) is 8.47. The highest BCUT2D eigenvalue weighted by Gasteiger charge is 2.32. The van der Waals surface area contributed by atoms with Crippen molar-refractivity contribution < 1.29 is 13.9 Å². The zero-order valence-electron chi connectivity index (χ0n) is 25.4. The number of ether oxygens (including phenoxy) is 1. The predicted octanol–water partition coefficient (Wildman–Crippen LogP) is 4.30. The minimum absolute atomic E-state index is 0.135. The number of para-hydroxylation sites is 1. The minimum atomic E-state index is -0.447. The number of nitrogens with one attached hydrogen (secondary N) is 1. The fraction of sp³-hybridized carbons (Fsp3) is 0.364. The summed E-state index contributed by atoms with van der Waals surface area (Å²) in [6, 6.07) is 15.4. The van der Waals surface area contributed by atoms with Crippen LogP contribution in [0.5, 0.6) is 11.5 Å². The number of hydrogen-bond acceptors (Lipinski definition) is 9. The summed E-state index contributed by atoms with van der Waals surface area (Å²) < 4.78 is 21.6. The molecule has 6 rings (SSSR count). The first-order chi connectivity index (χ1) is 21.7. The van der Waals surface area contributed by atoms with Crippen molar-refractivity contribution in [3.8, 4) is 28.8 Å². The van der Waals surface area contributed by atoms with Gasteiger partial charge in [0.15, 0.2) is 17.2 Å². The highest BCUT2D eigenvalue weighted by molar-refractivity contribution is 5.99.